The summed E-state index contributed by atoms with van der Waals surface area (Å²) in [5.41, 5.74) is 5.39. The van der Waals surface area contributed by atoms with Crippen LogP contribution in [0.1, 0.15) is 29.2 Å². The van der Waals surface area contributed by atoms with E-state index in [2.05, 4.69) is 15.2 Å². The molecule has 1 aromatic carbocycles. The van der Waals surface area contributed by atoms with E-state index in [1.165, 1.54) is 4.57 Å². The van der Waals surface area contributed by atoms with E-state index in [9.17, 15) is 14.4 Å². The van der Waals surface area contributed by atoms with Gasteiger partial charge in [0.15, 0.2) is 16.8 Å². The fourth-order valence-corrected chi connectivity index (χ4v) is 4.99. The van der Waals surface area contributed by atoms with Crippen molar-refractivity contribution in [2.24, 2.45) is 0 Å². The first-order chi connectivity index (χ1) is 15.5. The molecule has 3 N–H and O–H groups in total. The van der Waals surface area contributed by atoms with Crippen molar-refractivity contribution >= 4 is 34.7 Å². The van der Waals surface area contributed by atoms with Gasteiger partial charge in [-0.15, -0.1) is 21.5 Å². The molecule has 11 heteroatoms. The van der Waals surface area contributed by atoms with E-state index in [4.69, 9.17) is 5.73 Å². The molecule has 32 heavy (non-hydrogen) atoms. The Morgan fingerprint density at radius 1 is 1.16 bits per heavy atom. The number of Topliss-reactive ketones (excluding diaryl/α,β-unsaturated/α-hetero) is 1. The van der Waals surface area contributed by atoms with Gasteiger partial charge in [0.25, 0.3) is 5.56 Å². The van der Waals surface area contributed by atoms with Crippen LogP contribution in [-0.2, 0) is 0 Å². The van der Waals surface area contributed by atoms with Crippen molar-refractivity contribution in [1.82, 2.24) is 24.3 Å². The Morgan fingerprint density at radius 3 is 2.62 bits per heavy atom. The monoisotopic (exact) mass is 466 g/mol. The third-order valence-corrected chi connectivity index (χ3v) is 6.89. The lowest BCUT2D eigenvalue weighted by molar-refractivity contribution is 0.102. The number of nitrogens with two attached hydrogens (primary N) is 1. The highest BCUT2D eigenvalue weighted by atomic mass is 32.2. The van der Waals surface area contributed by atoms with Crippen LogP contribution in [0.2, 0.25) is 0 Å². The summed E-state index contributed by atoms with van der Waals surface area (Å²) in [6, 6.07) is 13.4. The number of H-pyrrole nitrogens is 1. The quantitative estimate of drug-likeness (QED) is 0.316. The maximum atomic E-state index is 13.0. The van der Waals surface area contributed by atoms with Crippen molar-refractivity contribution in [2.75, 3.05) is 11.5 Å². The molecule has 0 saturated heterocycles. The third kappa shape index (κ3) is 3.69. The lowest BCUT2D eigenvalue weighted by atomic mass is 10.2. The molecule has 0 atom stereocenters. The summed E-state index contributed by atoms with van der Waals surface area (Å²) in [6.45, 7) is 0. The van der Waals surface area contributed by atoms with Crippen molar-refractivity contribution in [3.8, 4) is 16.4 Å². The predicted molar refractivity (Wildman–Crippen MR) is 124 cm³/mol. The summed E-state index contributed by atoms with van der Waals surface area (Å²) in [5, 5.41) is 11.1. The number of carbonyl (C=O) groups excluding carboxylic acids is 1. The zero-order valence-electron chi connectivity index (χ0n) is 16.7. The number of nitrogens with one attached hydrogen (secondary N) is 1. The van der Waals surface area contributed by atoms with Gasteiger partial charge in [-0.2, -0.15) is 0 Å². The zero-order chi connectivity index (χ0) is 22.2. The number of aromatic nitrogens is 5. The molecule has 4 aromatic rings. The minimum Gasteiger partial charge on any atom is -0.384 e. The standard InChI is InChI=1S/C21H18N6O3S2/c22-17-16(19(29)23-20(30)26(17)13-8-9-13)14(28)11-32-21-25-24-18(15-7-4-10-31-15)27(21)12-5-2-1-3-6-12/h1-7,10,13H,8-9,11,22H2,(H,23,29,30). The van der Waals surface area contributed by atoms with Gasteiger partial charge in [-0.25, -0.2) is 4.79 Å². The Labute approximate surface area is 189 Å². The highest BCUT2D eigenvalue weighted by Gasteiger charge is 2.30. The fourth-order valence-electron chi connectivity index (χ4n) is 3.47. The summed E-state index contributed by atoms with van der Waals surface area (Å²) in [4.78, 5) is 40.6. The summed E-state index contributed by atoms with van der Waals surface area (Å²) in [7, 11) is 0. The van der Waals surface area contributed by atoms with Gasteiger partial charge < -0.3 is 5.73 Å². The molecule has 5 rings (SSSR count). The minimum atomic E-state index is -0.765. The number of benzene rings is 1. The molecule has 162 valence electrons. The van der Waals surface area contributed by atoms with Gasteiger partial charge in [-0.3, -0.25) is 23.7 Å². The Balaban J connectivity index is 1.47. The minimum absolute atomic E-state index is 0.0620. The van der Waals surface area contributed by atoms with E-state index in [1.807, 2.05) is 52.4 Å². The normalized spacial score (nSPS) is 13.4. The molecule has 0 radical (unpaired) electrons. The Morgan fingerprint density at radius 2 is 1.94 bits per heavy atom. The molecule has 3 heterocycles. The Hall–Kier alpha value is -3.44. The molecule has 0 aliphatic heterocycles. The molecule has 0 amide bonds. The van der Waals surface area contributed by atoms with Crippen molar-refractivity contribution in [3.63, 3.8) is 0 Å². The van der Waals surface area contributed by atoms with E-state index in [0.29, 0.717) is 11.0 Å². The van der Waals surface area contributed by atoms with E-state index in [-0.39, 0.29) is 23.2 Å². The van der Waals surface area contributed by atoms with Crippen LogP contribution in [0, 0.1) is 0 Å². The van der Waals surface area contributed by atoms with E-state index >= 15 is 0 Å². The lowest BCUT2D eigenvalue weighted by Gasteiger charge is -2.11. The molecular formula is C21H18N6O3S2. The number of para-hydroxylation sites is 1. The maximum absolute atomic E-state index is 13.0. The number of hydrogen-bond donors (Lipinski definition) is 2. The number of nitrogens with zero attached hydrogens (tertiary/aromatic N) is 4. The first-order valence-corrected chi connectivity index (χ1v) is 11.8. The number of anilines is 1. The fraction of sp³-hybridized carbons (Fsp3) is 0.190. The number of thiophene rings is 1. The SMILES string of the molecule is Nc1c(C(=O)CSc2nnc(-c3cccs3)n2-c2ccccc2)c(=O)[nH]c(=O)n1C1CC1. The first-order valence-electron chi connectivity index (χ1n) is 9.89. The van der Waals surface area contributed by atoms with Gasteiger partial charge in [0.2, 0.25) is 0 Å². The van der Waals surface area contributed by atoms with E-state index in [0.717, 1.165) is 35.2 Å². The average Bonchev–Trinajstić information content (AvgIpc) is 3.29. The van der Waals surface area contributed by atoms with Crippen LogP contribution in [0.5, 0.6) is 0 Å². The summed E-state index contributed by atoms with van der Waals surface area (Å²) in [5.74, 6) is 0.0471. The molecule has 1 aliphatic carbocycles. The van der Waals surface area contributed by atoms with Crippen molar-refractivity contribution < 1.29 is 4.79 Å². The van der Waals surface area contributed by atoms with Crippen molar-refractivity contribution in [2.45, 2.75) is 24.0 Å². The average molecular weight is 467 g/mol. The van der Waals surface area contributed by atoms with Gasteiger partial charge in [-0.1, -0.05) is 36.0 Å². The summed E-state index contributed by atoms with van der Waals surface area (Å²) in [6.07, 6.45) is 1.59. The molecule has 3 aromatic heterocycles. The molecule has 0 bridgehead atoms. The molecular weight excluding hydrogens is 448 g/mol. The summed E-state index contributed by atoms with van der Waals surface area (Å²) < 4.78 is 3.18. The van der Waals surface area contributed by atoms with Gasteiger partial charge >= 0.3 is 5.69 Å². The molecule has 0 spiro atoms. The smallest absolute Gasteiger partial charge is 0.330 e. The number of thioether (sulfide) groups is 1. The largest absolute Gasteiger partial charge is 0.384 e. The first kappa shape index (κ1) is 20.5. The second-order valence-corrected chi connectivity index (χ2v) is 9.18. The van der Waals surface area contributed by atoms with Crippen LogP contribution in [0.4, 0.5) is 5.82 Å². The van der Waals surface area contributed by atoms with Crippen LogP contribution < -0.4 is 17.0 Å². The van der Waals surface area contributed by atoms with Crippen LogP contribution in [0.25, 0.3) is 16.4 Å². The highest BCUT2D eigenvalue weighted by Crippen LogP contribution is 2.35. The molecule has 9 nitrogen and oxygen atoms in total. The molecule has 0 unspecified atom stereocenters. The van der Waals surface area contributed by atoms with E-state index < -0.39 is 17.0 Å². The number of ketones is 1. The Kier molecular flexibility index (Phi) is 5.27. The van der Waals surface area contributed by atoms with E-state index in [1.54, 1.807) is 11.3 Å². The number of rotatable bonds is 7. The molecule has 1 fully saturated rings. The maximum Gasteiger partial charge on any atom is 0.330 e. The highest BCUT2D eigenvalue weighted by molar-refractivity contribution is 7.99. The van der Waals surface area contributed by atoms with Crippen molar-refractivity contribution in [1.29, 1.82) is 0 Å². The molecule has 1 saturated carbocycles. The lowest BCUT2D eigenvalue weighted by Crippen LogP contribution is -2.36. The van der Waals surface area contributed by atoms with Gasteiger partial charge in [-0.05, 0) is 36.4 Å². The van der Waals surface area contributed by atoms with Gasteiger partial charge in [0.1, 0.15) is 11.4 Å². The van der Waals surface area contributed by atoms with Crippen LogP contribution in [-0.4, -0.2) is 35.9 Å². The number of hydrogen-bond acceptors (Lipinski definition) is 8. The summed E-state index contributed by atoms with van der Waals surface area (Å²) >= 11 is 2.70. The predicted octanol–water partition coefficient (Wildman–Crippen LogP) is 2.74. The number of aromatic amines is 1. The number of nitrogen functional groups attached to an aromatic ring is 1. The third-order valence-electron chi connectivity index (χ3n) is 5.09. The van der Waals surface area contributed by atoms with Gasteiger partial charge in [0.05, 0.1) is 10.6 Å². The second kappa shape index (κ2) is 8.24. The zero-order valence-corrected chi connectivity index (χ0v) is 18.4. The second-order valence-electron chi connectivity index (χ2n) is 7.29. The van der Waals surface area contributed by atoms with Crippen molar-refractivity contribution in [3.05, 3.63) is 74.2 Å². The number of carbonyl (C=O) groups is 1. The molecule has 1 aliphatic rings. The van der Waals surface area contributed by atoms with Crippen LogP contribution >= 0.6 is 23.1 Å². The Bertz CT molecular complexity index is 1400. The van der Waals surface area contributed by atoms with Crippen LogP contribution in [0.15, 0.2) is 62.6 Å². The van der Waals surface area contributed by atoms with Crippen LogP contribution in [0.3, 0.4) is 0 Å². The van der Waals surface area contributed by atoms with Gasteiger partial charge in [0, 0.05) is 11.7 Å². The topological polar surface area (TPSA) is 129 Å².